The Bertz CT molecular complexity index is 796. The van der Waals surface area contributed by atoms with Crippen LogP contribution in [0.3, 0.4) is 0 Å². The van der Waals surface area contributed by atoms with E-state index in [1.54, 1.807) is 31.0 Å². The van der Waals surface area contributed by atoms with Gasteiger partial charge in [0.1, 0.15) is 17.1 Å². The van der Waals surface area contributed by atoms with Crippen LogP contribution >= 0.6 is 11.8 Å². The highest BCUT2D eigenvalue weighted by Gasteiger charge is 2.36. The molecule has 0 amide bonds. The second kappa shape index (κ2) is 6.32. The van der Waals surface area contributed by atoms with Crippen molar-refractivity contribution in [3.8, 4) is 23.0 Å². The predicted molar refractivity (Wildman–Crippen MR) is 96.2 cm³/mol. The number of thioether (sulfide) groups is 1. The highest BCUT2D eigenvalue weighted by Crippen LogP contribution is 2.49. The second-order valence-corrected chi connectivity index (χ2v) is 6.90. The summed E-state index contributed by atoms with van der Waals surface area (Å²) in [6.07, 6.45) is 0. The van der Waals surface area contributed by atoms with Crippen LogP contribution in [-0.4, -0.2) is 24.9 Å². The zero-order chi connectivity index (χ0) is 17.3. The molecule has 0 aliphatic carbocycles. The lowest BCUT2D eigenvalue weighted by Crippen LogP contribution is -2.23. The van der Waals surface area contributed by atoms with Gasteiger partial charge in [-0.25, -0.2) is 0 Å². The Balaban J connectivity index is 1.96. The molecule has 4 nitrogen and oxygen atoms in total. The maximum Gasteiger partial charge on any atom is 0.164 e. The van der Waals surface area contributed by atoms with Gasteiger partial charge in [0.2, 0.25) is 0 Å². The van der Waals surface area contributed by atoms with Gasteiger partial charge in [0.15, 0.2) is 11.5 Å². The molecule has 1 N–H and O–H groups in total. The molecule has 1 heterocycles. The fourth-order valence-corrected chi connectivity index (χ4v) is 3.68. The van der Waals surface area contributed by atoms with E-state index < -0.39 is 5.60 Å². The van der Waals surface area contributed by atoms with Gasteiger partial charge in [0, 0.05) is 22.1 Å². The van der Waals surface area contributed by atoms with Crippen LogP contribution in [-0.2, 0) is 0 Å². The third-order valence-electron chi connectivity index (χ3n) is 3.94. The van der Waals surface area contributed by atoms with Crippen molar-refractivity contribution in [3.05, 3.63) is 47.4 Å². The number of phenolic OH excluding ortho intramolecular Hbond substituents is 1. The van der Waals surface area contributed by atoms with Crippen molar-refractivity contribution in [1.82, 2.24) is 0 Å². The monoisotopic (exact) mass is 344 g/mol. The first-order valence-corrected chi connectivity index (χ1v) is 8.44. The van der Waals surface area contributed by atoms with Gasteiger partial charge < -0.3 is 19.3 Å². The summed E-state index contributed by atoms with van der Waals surface area (Å²) >= 11 is 1.59. The first-order chi connectivity index (χ1) is 11.4. The van der Waals surface area contributed by atoms with Crippen LogP contribution in [0.5, 0.6) is 23.0 Å². The van der Waals surface area contributed by atoms with Crippen LogP contribution in [0.25, 0.3) is 5.57 Å². The molecule has 3 rings (SSSR count). The third-order valence-corrected chi connectivity index (χ3v) is 4.82. The fourth-order valence-electron chi connectivity index (χ4n) is 2.67. The molecule has 24 heavy (non-hydrogen) atoms. The van der Waals surface area contributed by atoms with E-state index in [0.717, 1.165) is 21.8 Å². The minimum Gasteiger partial charge on any atom is -0.504 e. The standard InChI is InChI=1S/C19H20O4S/c1-19(2)15(11-24-13-7-5-6-12(8-13)21-3)14-9-16(20)18(22-4)10-17(14)23-19/h5-11,20H,1-4H3/b15-11-. The van der Waals surface area contributed by atoms with E-state index in [1.165, 1.54) is 7.11 Å². The number of rotatable bonds is 4. The minimum absolute atomic E-state index is 0.106. The van der Waals surface area contributed by atoms with Gasteiger partial charge >= 0.3 is 0 Å². The van der Waals surface area contributed by atoms with E-state index >= 15 is 0 Å². The van der Waals surface area contributed by atoms with Crippen LogP contribution in [0.15, 0.2) is 46.7 Å². The molecule has 1 aliphatic heterocycles. The fraction of sp³-hybridized carbons (Fsp3) is 0.263. The maximum atomic E-state index is 10.1. The average molecular weight is 344 g/mol. The Kier molecular flexibility index (Phi) is 4.37. The zero-order valence-electron chi connectivity index (χ0n) is 14.1. The summed E-state index contributed by atoms with van der Waals surface area (Å²) in [6, 6.07) is 11.3. The molecule has 0 bridgehead atoms. The van der Waals surface area contributed by atoms with Crippen molar-refractivity contribution >= 4 is 17.3 Å². The Morgan fingerprint density at radius 3 is 2.62 bits per heavy atom. The molecule has 5 heteroatoms. The third kappa shape index (κ3) is 3.04. The Morgan fingerprint density at radius 2 is 1.92 bits per heavy atom. The molecule has 1 aliphatic rings. The van der Waals surface area contributed by atoms with Crippen LogP contribution in [0.1, 0.15) is 19.4 Å². The topological polar surface area (TPSA) is 47.9 Å². The van der Waals surface area contributed by atoms with Gasteiger partial charge in [0.05, 0.1) is 14.2 Å². The van der Waals surface area contributed by atoms with Crippen LogP contribution in [0.2, 0.25) is 0 Å². The zero-order valence-corrected chi connectivity index (χ0v) is 14.9. The Labute approximate surface area is 146 Å². The van der Waals surface area contributed by atoms with Gasteiger partial charge in [-0.05, 0) is 43.5 Å². The Hall–Kier alpha value is -2.27. The normalized spacial score (nSPS) is 16.6. The summed E-state index contributed by atoms with van der Waals surface area (Å²) in [5.74, 6) is 2.05. The molecule has 0 radical (unpaired) electrons. The number of methoxy groups -OCH3 is 2. The van der Waals surface area contributed by atoms with Gasteiger partial charge in [-0.3, -0.25) is 0 Å². The molecule has 0 unspecified atom stereocenters. The van der Waals surface area contributed by atoms with Crippen LogP contribution < -0.4 is 14.2 Å². The van der Waals surface area contributed by atoms with Crippen molar-refractivity contribution in [3.63, 3.8) is 0 Å². The molecule has 0 spiro atoms. The molecule has 2 aromatic rings. The summed E-state index contributed by atoms with van der Waals surface area (Å²) in [6.45, 7) is 4.02. The first-order valence-electron chi connectivity index (χ1n) is 7.56. The van der Waals surface area contributed by atoms with E-state index in [4.69, 9.17) is 14.2 Å². The lowest BCUT2D eigenvalue weighted by atomic mass is 9.95. The number of benzene rings is 2. The van der Waals surface area contributed by atoms with Gasteiger partial charge in [0.25, 0.3) is 0 Å². The molecule has 0 saturated carbocycles. The van der Waals surface area contributed by atoms with Gasteiger partial charge in [-0.2, -0.15) is 0 Å². The van der Waals surface area contributed by atoms with Crippen LogP contribution in [0, 0.1) is 0 Å². The van der Waals surface area contributed by atoms with Gasteiger partial charge in [-0.1, -0.05) is 17.8 Å². The van der Waals surface area contributed by atoms with Crippen molar-refractivity contribution in [2.45, 2.75) is 24.3 Å². The SMILES string of the molecule is COc1cccc(S/C=C2/c3cc(O)c(OC)cc3OC2(C)C)c1. The smallest absolute Gasteiger partial charge is 0.164 e. The molecular formula is C19H20O4S. The molecule has 126 valence electrons. The first kappa shape index (κ1) is 16.6. The summed E-state index contributed by atoms with van der Waals surface area (Å²) in [5, 5.41) is 12.1. The number of ether oxygens (including phenoxy) is 3. The van der Waals surface area contributed by atoms with Crippen molar-refractivity contribution in [1.29, 1.82) is 0 Å². The van der Waals surface area contributed by atoms with E-state index in [0.29, 0.717) is 11.5 Å². The highest BCUT2D eigenvalue weighted by atomic mass is 32.2. The molecule has 0 aromatic heterocycles. The molecule has 0 atom stereocenters. The number of fused-ring (bicyclic) bond motifs is 1. The molecule has 0 fully saturated rings. The summed E-state index contributed by atoms with van der Waals surface area (Å²) in [7, 11) is 3.18. The number of hydrogen-bond donors (Lipinski definition) is 1. The highest BCUT2D eigenvalue weighted by molar-refractivity contribution is 8.02. The molecule has 0 saturated heterocycles. The molecule has 2 aromatic carbocycles. The summed E-state index contributed by atoms with van der Waals surface area (Å²) in [4.78, 5) is 1.07. The quantitative estimate of drug-likeness (QED) is 0.814. The Morgan fingerprint density at radius 1 is 1.12 bits per heavy atom. The summed E-state index contributed by atoms with van der Waals surface area (Å²) < 4.78 is 16.5. The largest absolute Gasteiger partial charge is 0.504 e. The lowest BCUT2D eigenvalue weighted by Gasteiger charge is -2.20. The number of hydrogen-bond acceptors (Lipinski definition) is 5. The lowest BCUT2D eigenvalue weighted by molar-refractivity contribution is 0.189. The van der Waals surface area contributed by atoms with Crippen LogP contribution in [0.4, 0.5) is 0 Å². The van der Waals surface area contributed by atoms with Gasteiger partial charge in [-0.15, -0.1) is 0 Å². The van der Waals surface area contributed by atoms with Crippen molar-refractivity contribution in [2.24, 2.45) is 0 Å². The number of aromatic hydroxyl groups is 1. The summed E-state index contributed by atoms with van der Waals surface area (Å²) in [5.41, 5.74) is 1.42. The van der Waals surface area contributed by atoms with E-state index in [-0.39, 0.29) is 5.75 Å². The second-order valence-electron chi connectivity index (χ2n) is 5.96. The van der Waals surface area contributed by atoms with E-state index in [1.807, 2.05) is 38.1 Å². The van der Waals surface area contributed by atoms with Crippen molar-refractivity contribution < 1.29 is 19.3 Å². The maximum absolute atomic E-state index is 10.1. The minimum atomic E-state index is -0.479. The molecular weight excluding hydrogens is 324 g/mol. The predicted octanol–water partition coefficient (Wildman–Crippen LogP) is 4.71. The van der Waals surface area contributed by atoms with Crippen molar-refractivity contribution in [2.75, 3.05) is 14.2 Å². The average Bonchev–Trinajstić information content (AvgIpc) is 2.81. The number of phenols is 1. The van der Waals surface area contributed by atoms with E-state index in [2.05, 4.69) is 5.41 Å². The van der Waals surface area contributed by atoms with E-state index in [9.17, 15) is 5.11 Å².